The van der Waals surface area contributed by atoms with E-state index in [1.54, 1.807) is 0 Å². The molecule has 0 saturated carbocycles. The number of sulfonamides is 1. The molecule has 2 aromatic carbocycles. The van der Waals surface area contributed by atoms with Crippen LogP contribution in [0.25, 0.3) is 0 Å². The molecule has 3 rings (SSSR count). The van der Waals surface area contributed by atoms with Crippen molar-refractivity contribution in [1.29, 1.82) is 0 Å². The number of ether oxygens (including phenoxy) is 2. The van der Waals surface area contributed by atoms with E-state index >= 15 is 0 Å². The minimum Gasteiger partial charge on any atom is -0.444 e. The maximum absolute atomic E-state index is 13.5. The van der Waals surface area contributed by atoms with Gasteiger partial charge in [-0.3, -0.25) is 0 Å². The molecule has 2 aromatic rings. The molecule has 0 aromatic heterocycles. The molecule has 32 heavy (non-hydrogen) atoms. The fraction of sp³-hybridized carbons (Fsp3) is 0.316. The monoisotopic (exact) mass is 499 g/mol. The molecule has 1 unspecified atom stereocenters. The summed E-state index contributed by atoms with van der Waals surface area (Å²) in [6, 6.07) is 3.91. The Hall–Kier alpha value is -2.28. The summed E-state index contributed by atoms with van der Waals surface area (Å²) < 4.78 is 103. The number of carbonyl (C=O) groups is 1. The molecule has 1 aliphatic heterocycles. The number of nitrogens with zero attached hydrogens (tertiary/aromatic N) is 1. The lowest BCUT2D eigenvalue weighted by atomic mass is 10.1. The summed E-state index contributed by atoms with van der Waals surface area (Å²) in [6.07, 6.45) is -8.19. The molecule has 1 heterocycles. The fourth-order valence-electron chi connectivity index (χ4n) is 2.98. The zero-order chi connectivity index (χ0) is 23.7. The third kappa shape index (κ3) is 5.37. The van der Waals surface area contributed by atoms with Gasteiger partial charge in [0.25, 0.3) is 0 Å². The van der Waals surface area contributed by atoms with Crippen LogP contribution in [-0.2, 0) is 19.5 Å². The predicted octanol–water partition coefficient (Wildman–Crippen LogP) is 4.10. The van der Waals surface area contributed by atoms with E-state index in [4.69, 9.17) is 16.3 Å². The second kappa shape index (κ2) is 9.30. The molecule has 13 heteroatoms. The first-order valence-electron chi connectivity index (χ1n) is 9.01. The Balaban J connectivity index is 1.93. The zero-order valence-electron chi connectivity index (χ0n) is 16.0. The van der Waals surface area contributed by atoms with Gasteiger partial charge in [0, 0.05) is 24.7 Å². The largest absolute Gasteiger partial charge is 0.444 e. The van der Waals surface area contributed by atoms with Crippen LogP contribution < -0.4 is 0 Å². The van der Waals surface area contributed by atoms with Gasteiger partial charge in [0.05, 0.1) is 23.8 Å². The van der Waals surface area contributed by atoms with Crippen LogP contribution in [-0.4, -0.2) is 51.2 Å². The van der Waals surface area contributed by atoms with Crippen molar-refractivity contribution in [1.82, 2.24) is 4.31 Å². The third-order valence-electron chi connectivity index (χ3n) is 4.46. The highest BCUT2D eigenvalue weighted by Crippen LogP contribution is 2.37. The normalized spacial score (nSPS) is 16.6. The molecule has 1 aliphatic rings. The van der Waals surface area contributed by atoms with Gasteiger partial charge in [-0.1, -0.05) is 11.6 Å². The van der Waals surface area contributed by atoms with E-state index in [1.807, 2.05) is 0 Å². The van der Waals surface area contributed by atoms with Gasteiger partial charge in [-0.2, -0.15) is 17.5 Å². The van der Waals surface area contributed by atoms with Crippen LogP contribution in [0.3, 0.4) is 0 Å². The summed E-state index contributed by atoms with van der Waals surface area (Å²) in [7, 11) is -4.18. The highest BCUT2D eigenvalue weighted by atomic mass is 35.5. The quantitative estimate of drug-likeness (QED) is 0.457. The van der Waals surface area contributed by atoms with E-state index in [0.29, 0.717) is 18.2 Å². The second-order valence-electron chi connectivity index (χ2n) is 6.69. The fourth-order valence-corrected chi connectivity index (χ4v) is 4.89. The number of hydrogen-bond acceptors (Lipinski definition) is 5. The lowest BCUT2D eigenvalue weighted by Gasteiger charge is -2.26. The topological polar surface area (TPSA) is 72.9 Å². The molecule has 1 fully saturated rings. The Kier molecular flexibility index (Phi) is 7.08. The molecule has 0 radical (unpaired) electrons. The molecule has 0 amide bonds. The first-order chi connectivity index (χ1) is 14.9. The zero-order valence-corrected chi connectivity index (χ0v) is 17.6. The minimum atomic E-state index is -5.20. The van der Waals surface area contributed by atoms with Crippen molar-refractivity contribution in [2.45, 2.75) is 17.2 Å². The van der Waals surface area contributed by atoms with Crippen molar-refractivity contribution in [3.05, 3.63) is 64.2 Å². The summed E-state index contributed by atoms with van der Waals surface area (Å²) in [6.45, 7) is 0.315. The van der Waals surface area contributed by atoms with E-state index in [2.05, 4.69) is 4.74 Å². The average molecular weight is 500 g/mol. The Bertz CT molecular complexity index is 1100. The molecular formula is C19H15ClF5NO5S. The first-order valence-corrected chi connectivity index (χ1v) is 10.8. The van der Waals surface area contributed by atoms with E-state index in [0.717, 1.165) is 22.5 Å². The number of rotatable bonds is 5. The number of alkyl halides is 3. The van der Waals surface area contributed by atoms with Gasteiger partial charge >= 0.3 is 12.1 Å². The van der Waals surface area contributed by atoms with Gasteiger partial charge in [0.1, 0.15) is 16.5 Å². The Morgan fingerprint density at radius 1 is 1.06 bits per heavy atom. The molecule has 0 bridgehead atoms. The lowest BCUT2D eigenvalue weighted by Crippen LogP contribution is -2.40. The molecule has 0 N–H and O–H groups in total. The number of hydrogen-bond donors (Lipinski definition) is 0. The summed E-state index contributed by atoms with van der Waals surface area (Å²) >= 11 is 5.96. The van der Waals surface area contributed by atoms with Crippen molar-refractivity contribution < 1.29 is 44.6 Å². The number of esters is 1. The van der Waals surface area contributed by atoms with E-state index in [9.17, 15) is 35.2 Å². The summed E-state index contributed by atoms with van der Waals surface area (Å²) in [5, 5.41) is -0.257. The van der Waals surface area contributed by atoms with Crippen LogP contribution in [0.5, 0.6) is 0 Å². The van der Waals surface area contributed by atoms with E-state index < -0.39 is 55.9 Å². The molecular weight excluding hydrogens is 485 g/mol. The van der Waals surface area contributed by atoms with Crippen LogP contribution in [0.15, 0.2) is 41.3 Å². The van der Waals surface area contributed by atoms with Crippen molar-refractivity contribution >= 4 is 27.6 Å². The highest BCUT2D eigenvalue weighted by Gasteiger charge is 2.45. The molecule has 6 nitrogen and oxygen atoms in total. The highest BCUT2D eigenvalue weighted by molar-refractivity contribution is 7.89. The Morgan fingerprint density at radius 2 is 1.66 bits per heavy atom. The number of benzene rings is 2. The van der Waals surface area contributed by atoms with Gasteiger partial charge in [-0.25, -0.2) is 22.0 Å². The van der Waals surface area contributed by atoms with Crippen molar-refractivity contribution in [3.8, 4) is 0 Å². The number of halogens is 6. The van der Waals surface area contributed by atoms with Crippen molar-refractivity contribution in [3.63, 3.8) is 0 Å². The lowest BCUT2D eigenvalue weighted by molar-refractivity contribution is -0.207. The smallest absolute Gasteiger partial charge is 0.429 e. The van der Waals surface area contributed by atoms with Crippen LogP contribution in [0.1, 0.15) is 22.0 Å². The van der Waals surface area contributed by atoms with Gasteiger partial charge in [-0.05, 0) is 30.3 Å². The Labute approximate surface area is 184 Å². The molecule has 0 spiro atoms. The summed E-state index contributed by atoms with van der Waals surface area (Å²) in [4.78, 5) is 11.9. The predicted molar refractivity (Wildman–Crippen MR) is 102 cm³/mol. The minimum absolute atomic E-state index is 0.0224. The average Bonchev–Trinajstić information content (AvgIpc) is 2.71. The third-order valence-corrected chi connectivity index (χ3v) is 6.84. The maximum Gasteiger partial charge on any atom is 0.429 e. The second-order valence-corrected chi connectivity index (χ2v) is 9.00. The molecule has 0 aliphatic carbocycles. The van der Waals surface area contributed by atoms with E-state index in [1.165, 1.54) is 0 Å². The van der Waals surface area contributed by atoms with Gasteiger partial charge < -0.3 is 9.47 Å². The molecule has 1 saturated heterocycles. The van der Waals surface area contributed by atoms with Crippen LogP contribution in [0.4, 0.5) is 22.0 Å². The van der Waals surface area contributed by atoms with Crippen LogP contribution >= 0.6 is 11.6 Å². The van der Waals surface area contributed by atoms with Gasteiger partial charge in [0.15, 0.2) is 0 Å². The standard InChI is InChI=1S/C19H15ClF5NO5S/c20-15-2-1-11(9-16(15)32(28,29)26-3-5-30-6-4-26)18(27)31-17(19(23,24)25)12-7-13(21)10-14(22)8-12/h1-2,7-10,17H,3-6H2. The first kappa shape index (κ1) is 24.4. The van der Waals surface area contributed by atoms with Crippen molar-refractivity contribution in [2.24, 2.45) is 0 Å². The maximum atomic E-state index is 13.5. The summed E-state index contributed by atoms with van der Waals surface area (Å²) in [5.74, 6) is -4.15. The molecule has 174 valence electrons. The van der Waals surface area contributed by atoms with E-state index in [-0.39, 0.29) is 31.3 Å². The van der Waals surface area contributed by atoms with Crippen molar-refractivity contribution in [2.75, 3.05) is 26.3 Å². The molecule has 1 atom stereocenters. The SMILES string of the molecule is O=C(OC(c1cc(F)cc(F)c1)C(F)(F)F)c1ccc(Cl)c(S(=O)(=O)N2CCOCC2)c1. The van der Waals surface area contributed by atoms with Crippen LogP contribution in [0.2, 0.25) is 5.02 Å². The van der Waals surface area contributed by atoms with Gasteiger partial charge in [-0.15, -0.1) is 0 Å². The van der Waals surface area contributed by atoms with Gasteiger partial charge in [0.2, 0.25) is 16.1 Å². The Morgan fingerprint density at radius 3 is 2.22 bits per heavy atom. The number of carbonyl (C=O) groups excluding carboxylic acids is 1. The summed E-state index contributed by atoms with van der Waals surface area (Å²) in [5.41, 5.74) is -1.52. The van der Waals surface area contributed by atoms with Crippen LogP contribution in [0, 0.1) is 11.6 Å². The number of morpholine rings is 1.